The maximum atomic E-state index is 12.3. The maximum Gasteiger partial charge on any atom is 0.240 e. The monoisotopic (exact) mass is 326 g/mol. The van der Waals surface area contributed by atoms with Gasteiger partial charge in [-0.25, -0.2) is 4.98 Å². The van der Waals surface area contributed by atoms with Gasteiger partial charge >= 0.3 is 0 Å². The summed E-state index contributed by atoms with van der Waals surface area (Å²) in [6, 6.07) is 11.1. The lowest BCUT2D eigenvalue weighted by Crippen LogP contribution is -2.29. The number of furan rings is 1. The fourth-order valence-corrected chi connectivity index (χ4v) is 2.47. The molecule has 2 heterocycles. The number of nitrogens with one attached hydrogen (secondary N) is 2. The summed E-state index contributed by atoms with van der Waals surface area (Å²) in [6.45, 7) is 0.413. The van der Waals surface area contributed by atoms with Gasteiger partial charge in [0.15, 0.2) is 0 Å². The Bertz CT molecular complexity index is 852. The Morgan fingerprint density at radius 3 is 2.75 bits per heavy atom. The number of imidazole rings is 1. The first-order valence-electron chi connectivity index (χ1n) is 7.61. The van der Waals surface area contributed by atoms with Gasteiger partial charge in [0.1, 0.15) is 18.1 Å². The second-order valence-corrected chi connectivity index (χ2v) is 5.31. The molecule has 0 aliphatic carbocycles. The molecule has 0 atom stereocenters. The van der Waals surface area contributed by atoms with Crippen LogP contribution in [0.1, 0.15) is 11.6 Å². The Balaban J connectivity index is 1.79. The first kappa shape index (κ1) is 15.8. The molecule has 124 valence electrons. The van der Waals surface area contributed by atoms with Gasteiger partial charge in [0.2, 0.25) is 11.8 Å². The lowest BCUT2D eigenvalue weighted by Gasteiger charge is -2.09. The van der Waals surface area contributed by atoms with E-state index in [2.05, 4.69) is 15.6 Å². The van der Waals surface area contributed by atoms with E-state index in [9.17, 15) is 9.59 Å². The minimum Gasteiger partial charge on any atom is -0.467 e. The summed E-state index contributed by atoms with van der Waals surface area (Å²) in [5.41, 5.74) is 1.58. The Hall–Kier alpha value is -3.09. The molecule has 0 bridgehead atoms. The lowest BCUT2D eigenvalue weighted by atomic mass is 10.3. The quantitative estimate of drug-likeness (QED) is 0.713. The standard InChI is InChI=1S/C17H18N4O3/c1-18-16(22)9-15-20-13-6-2-3-7-14(13)21(15)11-17(23)19-10-12-5-4-8-24-12/h2-8H,9-11H2,1H3,(H,18,22)(H,19,23). The van der Waals surface area contributed by atoms with E-state index in [0.29, 0.717) is 18.1 Å². The molecule has 3 rings (SSSR count). The zero-order valence-corrected chi connectivity index (χ0v) is 13.3. The van der Waals surface area contributed by atoms with Crippen molar-refractivity contribution in [2.45, 2.75) is 19.5 Å². The highest BCUT2D eigenvalue weighted by Crippen LogP contribution is 2.16. The van der Waals surface area contributed by atoms with Crippen LogP contribution in [0.3, 0.4) is 0 Å². The maximum absolute atomic E-state index is 12.3. The predicted molar refractivity (Wildman–Crippen MR) is 88.1 cm³/mol. The number of fused-ring (bicyclic) bond motifs is 1. The molecule has 7 nitrogen and oxygen atoms in total. The number of carbonyl (C=O) groups excluding carboxylic acids is 2. The Kier molecular flexibility index (Phi) is 4.60. The Morgan fingerprint density at radius 1 is 1.17 bits per heavy atom. The lowest BCUT2D eigenvalue weighted by molar-refractivity contribution is -0.122. The van der Waals surface area contributed by atoms with Crippen molar-refractivity contribution in [3.8, 4) is 0 Å². The minimum atomic E-state index is -0.173. The third-order valence-corrected chi connectivity index (χ3v) is 3.67. The van der Waals surface area contributed by atoms with Crippen molar-refractivity contribution < 1.29 is 14.0 Å². The van der Waals surface area contributed by atoms with Crippen molar-refractivity contribution in [1.29, 1.82) is 0 Å². The summed E-state index contributed by atoms with van der Waals surface area (Å²) >= 11 is 0. The summed E-state index contributed by atoms with van der Waals surface area (Å²) in [7, 11) is 1.57. The topological polar surface area (TPSA) is 89.2 Å². The largest absolute Gasteiger partial charge is 0.467 e. The Labute approximate surface area is 138 Å². The van der Waals surface area contributed by atoms with E-state index >= 15 is 0 Å². The van der Waals surface area contributed by atoms with Crippen molar-refractivity contribution in [2.75, 3.05) is 7.05 Å². The Morgan fingerprint density at radius 2 is 2.00 bits per heavy atom. The van der Waals surface area contributed by atoms with Gasteiger partial charge in [0, 0.05) is 7.05 Å². The molecule has 24 heavy (non-hydrogen) atoms. The number of benzene rings is 1. The number of para-hydroxylation sites is 2. The van der Waals surface area contributed by atoms with Crippen molar-refractivity contribution in [3.63, 3.8) is 0 Å². The van der Waals surface area contributed by atoms with Crippen molar-refractivity contribution in [1.82, 2.24) is 20.2 Å². The van der Waals surface area contributed by atoms with Gasteiger partial charge in [-0.2, -0.15) is 0 Å². The molecule has 0 spiro atoms. The fourth-order valence-electron chi connectivity index (χ4n) is 2.47. The fraction of sp³-hybridized carbons (Fsp3) is 0.235. The van der Waals surface area contributed by atoms with Gasteiger partial charge in [-0.1, -0.05) is 12.1 Å². The van der Waals surface area contributed by atoms with Crippen LogP contribution in [0.4, 0.5) is 0 Å². The summed E-state index contributed by atoms with van der Waals surface area (Å²) in [6.07, 6.45) is 1.68. The smallest absolute Gasteiger partial charge is 0.240 e. The van der Waals surface area contributed by atoms with Gasteiger partial charge in [-0.3, -0.25) is 9.59 Å². The third-order valence-electron chi connectivity index (χ3n) is 3.67. The molecule has 0 saturated carbocycles. The molecule has 2 aromatic heterocycles. The zero-order valence-electron chi connectivity index (χ0n) is 13.3. The van der Waals surface area contributed by atoms with Gasteiger partial charge in [-0.15, -0.1) is 0 Å². The number of rotatable bonds is 6. The molecule has 0 fully saturated rings. The molecule has 0 aliphatic heterocycles. The molecule has 0 saturated heterocycles. The van der Waals surface area contributed by atoms with Gasteiger partial charge in [0.05, 0.1) is 30.3 Å². The van der Waals surface area contributed by atoms with Crippen LogP contribution in [0.25, 0.3) is 11.0 Å². The third kappa shape index (κ3) is 3.45. The highest BCUT2D eigenvalue weighted by molar-refractivity contribution is 5.83. The number of hydrogen-bond donors (Lipinski definition) is 2. The van der Waals surface area contributed by atoms with Crippen LogP contribution in [-0.2, 0) is 29.1 Å². The van der Waals surface area contributed by atoms with E-state index in [1.54, 1.807) is 30.0 Å². The predicted octanol–water partition coefficient (Wildman–Crippen LogP) is 1.23. The van der Waals surface area contributed by atoms with Crippen LogP contribution in [0, 0.1) is 0 Å². The van der Waals surface area contributed by atoms with E-state index in [0.717, 1.165) is 11.0 Å². The SMILES string of the molecule is CNC(=O)Cc1nc2ccccc2n1CC(=O)NCc1ccco1. The van der Waals surface area contributed by atoms with Crippen LogP contribution >= 0.6 is 0 Å². The highest BCUT2D eigenvalue weighted by atomic mass is 16.3. The number of hydrogen-bond acceptors (Lipinski definition) is 4. The summed E-state index contributed by atoms with van der Waals surface area (Å²) < 4.78 is 6.96. The summed E-state index contributed by atoms with van der Waals surface area (Å²) in [4.78, 5) is 28.4. The van der Waals surface area contributed by atoms with Crippen LogP contribution in [0.15, 0.2) is 47.1 Å². The molecule has 2 amide bonds. The molecule has 2 N–H and O–H groups in total. The normalized spacial score (nSPS) is 10.7. The number of likely N-dealkylation sites (N-methyl/N-ethyl adjacent to an activating group) is 1. The van der Waals surface area contributed by atoms with Crippen LogP contribution in [0.5, 0.6) is 0 Å². The van der Waals surface area contributed by atoms with Crippen LogP contribution in [0.2, 0.25) is 0 Å². The van der Waals surface area contributed by atoms with Gasteiger partial charge in [0.25, 0.3) is 0 Å². The molecular weight excluding hydrogens is 308 g/mol. The molecule has 0 radical (unpaired) electrons. The average molecular weight is 326 g/mol. The van der Waals surface area contributed by atoms with Gasteiger partial charge in [-0.05, 0) is 24.3 Å². The first-order valence-corrected chi connectivity index (χ1v) is 7.61. The number of nitrogens with zero attached hydrogens (tertiary/aromatic N) is 2. The van der Waals surface area contributed by atoms with E-state index < -0.39 is 0 Å². The second kappa shape index (κ2) is 6.99. The average Bonchev–Trinajstić information content (AvgIpc) is 3.21. The molecule has 0 unspecified atom stereocenters. The second-order valence-electron chi connectivity index (χ2n) is 5.31. The summed E-state index contributed by atoms with van der Waals surface area (Å²) in [5.74, 6) is 0.920. The molecule has 3 aromatic rings. The van der Waals surface area contributed by atoms with Crippen LogP contribution in [-0.4, -0.2) is 28.4 Å². The number of aromatic nitrogens is 2. The van der Waals surface area contributed by atoms with E-state index in [-0.39, 0.29) is 24.8 Å². The minimum absolute atomic E-state index is 0.0908. The number of carbonyl (C=O) groups is 2. The van der Waals surface area contributed by atoms with Crippen molar-refractivity contribution in [3.05, 3.63) is 54.2 Å². The van der Waals surface area contributed by atoms with E-state index in [4.69, 9.17) is 4.42 Å². The zero-order chi connectivity index (χ0) is 16.9. The van der Waals surface area contributed by atoms with Gasteiger partial charge < -0.3 is 19.6 Å². The highest BCUT2D eigenvalue weighted by Gasteiger charge is 2.15. The van der Waals surface area contributed by atoms with E-state index in [1.807, 2.05) is 24.3 Å². The van der Waals surface area contributed by atoms with Crippen LogP contribution < -0.4 is 10.6 Å². The molecule has 0 aliphatic rings. The molecule has 7 heteroatoms. The first-order chi connectivity index (χ1) is 11.7. The molecule has 1 aromatic carbocycles. The van der Waals surface area contributed by atoms with E-state index in [1.165, 1.54) is 0 Å². The molecular formula is C17H18N4O3. The van der Waals surface area contributed by atoms with Crippen molar-refractivity contribution >= 4 is 22.8 Å². The summed E-state index contributed by atoms with van der Waals surface area (Å²) in [5, 5.41) is 5.38. The van der Waals surface area contributed by atoms with Crippen molar-refractivity contribution in [2.24, 2.45) is 0 Å². The number of amides is 2.